The van der Waals surface area contributed by atoms with Gasteiger partial charge < -0.3 is 20.5 Å². The Labute approximate surface area is 240 Å². The van der Waals surface area contributed by atoms with Crippen LogP contribution in [-0.4, -0.2) is 36.8 Å². The van der Waals surface area contributed by atoms with Gasteiger partial charge in [-0.3, -0.25) is 4.79 Å². The maximum absolute atomic E-state index is 14.9. The number of alkyl halides is 7. The van der Waals surface area contributed by atoms with Gasteiger partial charge in [-0.25, -0.2) is 8.78 Å². The Balaban J connectivity index is 2.34. The summed E-state index contributed by atoms with van der Waals surface area (Å²) >= 11 is 0. The molecule has 0 heterocycles. The third-order valence-corrected chi connectivity index (χ3v) is 6.10. The van der Waals surface area contributed by atoms with E-state index in [-0.39, 0.29) is 17.7 Å². The van der Waals surface area contributed by atoms with Gasteiger partial charge in [-0.05, 0) is 54.8 Å². The highest BCUT2D eigenvalue weighted by molar-refractivity contribution is 5.83. The number of carbonyl (C=O) groups excluding carboxylic acids is 1. The van der Waals surface area contributed by atoms with E-state index in [0.29, 0.717) is 17.7 Å². The van der Waals surface area contributed by atoms with Crippen molar-refractivity contribution in [3.8, 4) is 11.5 Å². The van der Waals surface area contributed by atoms with Gasteiger partial charge in [-0.1, -0.05) is 36.4 Å². The molecule has 3 aromatic carbocycles. The van der Waals surface area contributed by atoms with Crippen molar-refractivity contribution >= 4 is 5.91 Å². The fourth-order valence-electron chi connectivity index (χ4n) is 4.29. The number of amides is 1. The highest BCUT2D eigenvalue weighted by atomic mass is 19.4. The van der Waals surface area contributed by atoms with E-state index in [1.165, 1.54) is 12.1 Å². The number of nitrogens with one attached hydrogen (secondary N) is 1. The average molecular weight is 623 g/mol. The number of hydrogen-bond acceptors (Lipinski definition) is 4. The summed E-state index contributed by atoms with van der Waals surface area (Å²) in [4.78, 5) is 13.2. The van der Waals surface area contributed by atoms with Crippen LogP contribution < -0.4 is 20.5 Å². The summed E-state index contributed by atoms with van der Waals surface area (Å²) in [5.74, 6) is -5.01. The SMILES string of the molecule is CC(C)Oc1cc([C@@](Cc2ccccc2)(NC(=O)C(N)CC(F)(F)F)c2cc(F)cc(OC(F)(F)C(F)F)c2)ccc1F. The molecule has 0 spiro atoms. The molecule has 14 heteroatoms. The fourth-order valence-corrected chi connectivity index (χ4v) is 4.29. The minimum atomic E-state index is -5.06. The molecule has 3 rings (SSSR count). The van der Waals surface area contributed by atoms with E-state index in [9.17, 15) is 44.3 Å². The number of carbonyl (C=O) groups is 1. The molecule has 43 heavy (non-hydrogen) atoms. The summed E-state index contributed by atoms with van der Waals surface area (Å²) in [5, 5.41) is 2.37. The quantitative estimate of drug-likeness (QED) is 0.216. The minimum Gasteiger partial charge on any atom is -0.488 e. The molecule has 0 aliphatic carbocycles. The number of halogens is 9. The lowest BCUT2D eigenvalue weighted by Gasteiger charge is -2.38. The van der Waals surface area contributed by atoms with Crippen LogP contribution in [0.25, 0.3) is 0 Å². The van der Waals surface area contributed by atoms with Crippen LogP contribution in [0, 0.1) is 11.6 Å². The molecule has 1 unspecified atom stereocenters. The summed E-state index contributed by atoms with van der Waals surface area (Å²) in [6, 6.07) is 10.6. The second kappa shape index (κ2) is 13.1. The standard InChI is InChI=1S/C29H27F9N2O3/c1-16(2)42-24-12-18(8-9-22(24)31)27(14-17-6-4-3-5-7-17,40-25(41)23(39)15-28(34,35)36)19-10-20(30)13-21(11-19)43-29(37,38)26(32)33/h3-13,16,23,26H,14-15,39H2,1-2H3,(H,40,41)/t23?,27-/m1/s1. The Morgan fingerprint density at radius 3 is 2.14 bits per heavy atom. The smallest absolute Gasteiger partial charge is 0.461 e. The molecule has 0 aromatic heterocycles. The summed E-state index contributed by atoms with van der Waals surface area (Å²) < 4.78 is 132. The summed E-state index contributed by atoms with van der Waals surface area (Å²) in [6.45, 7) is 3.14. The molecule has 0 fully saturated rings. The molecule has 0 saturated carbocycles. The van der Waals surface area contributed by atoms with Crippen molar-refractivity contribution in [1.29, 1.82) is 0 Å². The molecule has 0 aliphatic heterocycles. The molecular weight excluding hydrogens is 595 g/mol. The number of hydrogen-bond donors (Lipinski definition) is 2. The van der Waals surface area contributed by atoms with Gasteiger partial charge in [0, 0.05) is 12.5 Å². The highest BCUT2D eigenvalue weighted by Gasteiger charge is 2.45. The van der Waals surface area contributed by atoms with E-state index in [4.69, 9.17) is 10.5 Å². The van der Waals surface area contributed by atoms with Crippen molar-refractivity contribution in [3.05, 3.63) is 95.1 Å². The molecule has 5 nitrogen and oxygen atoms in total. The van der Waals surface area contributed by atoms with E-state index in [1.807, 2.05) is 0 Å². The zero-order valence-electron chi connectivity index (χ0n) is 22.7. The number of benzene rings is 3. The van der Waals surface area contributed by atoms with Gasteiger partial charge in [-0.15, -0.1) is 0 Å². The summed E-state index contributed by atoms with van der Waals surface area (Å²) in [6.07, 6.45) is -17.0. The first-order chi connectivity index (χ1) is 19.9. The third kappa shape index (κ3) is 8.78. The van der Waals surface area contributed by atoms with Gasteiger partial charge in [0.15, 0.2) is 11.6 Å². The maximum atomic E-state index is 14.9. The van der Waals surface area contributed by atoms with E-state index < -0.39 is 71.7 Å². The largest absolute Gasteiger partial charge is 0.488 e. The van der Waals surface area contributed by atoms with Crippen LogP contribution in [0.15, 0.2) is 66.7 Å². The first-order valence-electron chi connectivity index (χ1n) is 12.7. The molecule has 0 saturated heterocycles. The summed E-state index contributed by atoms with van der Waals surface area (Å²) in [7, 11) is 0. The third-order valence-electron chi connectivity index (χ3n) is 6.10. The van der Waals surface area contributed by atoms with Crippen molar-refractivity contribution in [2.45, 2.75) is 63.1 Å². The van der Waals surface area contributed by atoms with Crippen molar-refractivity contribution in [2.24, 2.45) is 5.73 Å². The van der Waals surface area contributed by atoms with E-state index in [0.717, 1.165) is 24.3 Å². The molecular formula is C29H27F9N2O3. The maximum Gasteiger partial charge on any atom is 0.461 e. The zero-order chi connectivity index (χ0) is 32.2. The Morgan fingerprint density at radius 1 is 0.907 bits per heavy atom. The van der Waals surface area contributed by atoms with Gasteiger partial charge in [0.1, 0.15) is 11.6 Å². The summed E-state index contributed by atoms with van der Waals surface area (Å²) in [5.41, 5.74) is 3.25. The molecule has 234 valence electrons. The average Bonchev–Trinajstić information content (AvgIpc) is 2.88. The Kier molecular flexibility index (Phi) is 10.3. The second-order valence-corrected chi connectivity index (χ2v) is 9.93. The van der Waals surface area contributed by atoms with Crippen LogP contribution in [0.3, 0.4) is 0 Å². The van der Waals surface area contributed by atoms with Crippen molar-refractivity contribution in [3.63, 3.8) is 0 Å². The van der Waals surface area contributed by atoms with Crippen molar-refractivity contribution in [2.75, 3.05) is 0 Å². The Bertz CT molecular complexity index is 1400. The molecule has 1 amide bonds. The lowest BCUT2D eigenvalue weighted by atomic mass is 9.77. The Morgan fingerprint density at radius 2 is 1.56 bits per heavy atom. The minimum absolute atomic E-state index is 0.0990. The predicted molar refractivity (Wildman–Crippen MR) is 138 cm³/mol. The number of rotatable bonds is 12. The number of ether oxygens (including phenoxy) is 2. The van der Waals surface area contributed by atoms with Gasteiger partial charge in [0.25, 0.3) is 0 Å². The molecule has 0 bridgehead atoms. The van der Waals surface area contributed by atoms with E-state index >= 15 is 0 Å². The fraction of sp³-hybridized carbons (Fsp3) is 0.345. The Hall–Kier alpha value is -3.94. The molecule has 2 atom stereocenters. The van der Waals surface area contributed by atoms with Crippen LogP contribution in [-0.2, 0) is 16.8 Å². The highest BCUT2D eigenvalue weighted by Crippen LogP contribution is 2.39. The van der Waals surface area contributed by atoms with Gasteiger partial charge >= 0.3 is 18.7 Å². The lowest BCUT2D eigenvalue weighted by molar-refractivity contribution is -0.253. The van der Waals surface area contributed by atoms with Crippen LogP contribution in [0.1, 0.15) is 37.0 Å². The van der Waals surface area contributed by atoms with Crippen molar-refractivity contribution < 1.29 is 53.8 Å². The molecule has 3 N–H and O–H groups in total. The predicted octanol–water partition coefficient (Wildman–Crippen LogP) is 6.87. The van der Waals surface area contributed by atoms with Crippen LogP contribution in [0.2, 0.25) is 0 Å². The van der Waals surface area contributed by atoms with Gasteiger partial charge in [-0.2, -0.15) is 30.7 Å². The lowest BCUT2D eigenvalue weighted by Crippen LogP contribution is -2.54. The van der Waals surface area contributed by atoms with Crippen LogP contribution in [0.4, 0.5) is 39.5 Å². The first kappa shape index (κ1) is 33.6. The van der Waals surface area contributed by atoms with Gasteiger partial charge in [0.2, 0.25) is 5.91 Å². The molecule has 0 radical (unpaired) electrons. The first-order valence-corrected chi connectivity index (χ1v) is 12.7. The van der Waals surface area contributed by atoms with Gasteiger partial charge in [0.05, 0.1) is 24.1 Å². The normalized spacial score (nSPS) is 14.4. The van der Waals surface area contributed by atoms with Crippen molar-refractivity contribution in [1.82, 2.24) is 5.32 Å². The monoisotopic (exact) mass is 622 g/mol. The van der Waals surface area contributed by atoms with E-state index in [1.54, 1.807) is 32.0 Å². The zero-order valence-corrected chi connectivity index (χ0v) is 22.7. The number of nitrogens with two attached hydrogens (primary N) is 1. The van der Waals surface area contributed by atoms with Crippen LogP contribution in [0.5, 0.6) is 11.5 Å². The molecule has 3 aromatic rings. The topological polar surface area (TPSA) is 73.6 Å². The molecule has 0 aliphatic rings. The van der Waals surface area contributed by atoms with Crippen LogP contribution >= 0.6 is 0 Å². The second-order valence-electron chi connectivity index (χ2n) is 9.93. The van der Waals surface area contributed by atoms with E-state index in [2.05, 4.69) is 10.1 Å².